The number of anilines is 1. The van der Waals surface area contributed by atoms with Gasteiger partial charge in [-0.3, -0.25) is 0 Å². The highest BCUT2D eigenvalue weighted by molar-refractivity contribution is 7.09. The summed E-state index contributed by atoms with van der Waals surface area (Å²) in [5, 5.41) is 0.340. The van der Waals surface area contributed by atoms with E-state index >= 15 is 0 Å². The molecule has 0 aliphatic rings. The summed E-state index contributed by atoms with van der Waals surface area (Å²) in [5.41, 5.74) is 5.74. The van der Waals surface area contributed by atoms with E-state index in [-0.39, 0.29) is 6.42 Å². The van der Waals surface area contributed by atoms with Gasteiger partial charge < -0.3 is 5.73 Å². The summed E-state index contributed by atoms with van der Waals surface area (Å²) in [5.74, 6) is -0.742. The summed E-state index contributed by atoms with van der Waals surface area (Å²) < 4.78 is 29.7. The topological polar surface area (TPSA) is 51.8 Å². The standard InChI is InChI=1S/C9H7F2N3S/c10-6-2-1-5(7(11)4-6)3-8-13-9(12)15-14-8/h1-2,4H,3H2,(H2,12,13,14). The van der Waals surface area contributed by atoms with E-state index in [1.54, 1.807) is 0 Å². The Balaban J connectivity index is 2.24. The van der Waals surface area contributed by atoms with Gasteiger partial charge in [0.15, 0.2) is 5.13 Å². The lowest BCUT2D eigenvalue weighted by atomic mass is 10.1. The van der Waals surface area contributed by atoms with Gasteiger partial charge >= 0.3 is 0 Å². The van der Waals surface area contributed by atoms with Crippen molar-refractivity contribution in [3.05, 3.63) is 41.2 Å². The third kappa shape index (κ3) is 2.27. The van der Waals surface area contributed by atoms with Crippen molar-refractivity contribution in [3.8, 4) is 0 Å². The molecule has 2 N–H and O–H groups in total. The van der Waals surface area contributed by atoms with Gasteiger partial charge in [-0.2, -0.15) is 4.37 Å². The number of aromatic nitrogens is 2. The van der Waals surface area contributed by atoms with E-state index in [4.69, 9.17) is 5.73 Å². The first-order chi connectivity index (χ1) is 7.15. The van der Waals surface area contributed by atoms with Crippen LogP contribution in [0.2, 0.25) is 0 Å². The molecule has 6 heteroatoms. The van der Waals surface area contributed by atoms with Gasteiger partial charge in [-0.05, 0) is 11.6 Å². The zero-order valence-corrected chi connectivity index (χ0v) is 8.39. The molecule has 2 rings (SSSR count). The van der Waals surface area contributed by atoms with Crippen LogP contribution in [0.15, 0.2) is 18.2 Å². The van der Waals surface area contributed by atoms with Crippen molar-refractivity contribution in [2.24, 2.45) is 0 Å². The molecule has 0 aliphatic heterocycles. The van der Waals surface area contributed by atoms with E-state index in [0.717, 1.165) is 17.6 Å². The Morgan fingerprint density at radius 1 is 1.33 bits per heavy atom. The second-order valence-corrected chi connectivity index (χ2v) is 3.74. The first-order valence-electron chi connectivity index (χ1n) is 4.17. The number of nitrogens with zero attached hydrogens (tertiary/aromatic N) is 2. The van der Waals surface area contributed by atoms with Crippen LogP contribution in [-0.2, 0) is 6.42 Å². The second-order valence-electron chi connectivity index (χ2n) is 2.96. The highest BCUT2D eigenvalue weighted by Gasteiger charge is 2.08. The minimum absolute atomic E-state index is 0.222. The van der Waals surface area contributed by atoms with Crippen LogP contribution in [0.25, 0.3) is 0 Å². The van der Waals surface area contributed by atoms with Crippen LogP contribution in [-0.4, -0.2) is 9.36 Å². The molecule has 0 aliphatic carbocycles. The van der Waals surface area contributed by atoms with E-state index < -0.39 is 11.6 Å². The maximum Gasteiger partial charge on any atom is 0.199 e. The molecule has 0 spiro atoms. The predicted octanol–water partition coefficient (Wildman–Crippen LogP) is 1.99. The zero-order chi connectivity index (χ0) is 10.8. The van der Waals surface area contributed by atoms with Crippen molar-refractivity contribution in [1.29, 1.82) is 0 Å². The highest BCUT2D eigenvalue weighted by Crippen LogP contribution is 2.14. The molecule has 0 saturated carbocycles. The lowest BCUT2D eigenvalue weighted by Gasteiger charge is -1.99. The smallest absolute Gasteiger partial charge is 0.199 e. The minimum atomic E-state index is -0.595. The van der Waals surface area contributed by atoms with E-state index in [9.17, 15) is 8.78 Å². The minimum Gasteiger partial charge on any atom is -0.374 e. The van der Waals surface area contributed by atoms with Crippen LogP contribution in [0.1, 0.15) is 11.4 Å². The summed E-state index contributed by atoms with van der Waals surface area (Å²) in [6, 6.07) is 3.42. The molecule has 1 heterocycles. The first kappa shape index (κ1) is 9.97. The van der Waals surface area contributed by atoms with Gasteiger partial charge in [-0.15, -0.1) is 0 Å². The molecular formula is C9H7F2N3S. The van der Waals surface area contributed by atoms with Crippen molar-refractivity contribution < 1.29 is 8.78 Å². The molecule has 15 heavy (non-hydrogen) atoms. The largest absolute Gasteiger partial charge is 0.374 e. The number of halogens is 2. The number of rotatable bonds is 2. The summed E-state index contributed by atoms with van der Waals surface area (Å²) >= 11 is 1.05. The van der Waals surface area contributed by atoms with Gasteiger partial charge in [0.05, 0.1) is 0 Å². The Bertz CT molecular complexity index is 484. The van der Waals surface area contributed by atoms with Gasteiger partial charge in [-0.25, -0.2) is 13.8 Å². The van der Waals surface area contributed by atoms with Crippen LogP contribution < -0.4 is 5.73 Å². The summed E-state index contributed by atoms with van der Waals surface area (Å²) in [6.07, 6.45) is 0.222. The average Bonchev–Trinajstić information content (AvgIpc) is 2.56. The number of nitrogens with two attached hydrogens (primary N) is 1. The average molecular weight is 227 g/mol. The zero-order valence-electron chi connectivity index (χ0n) is 7.58. The normalized spacial score (nSPS) is 10.5. The Hall–Kier alpha value is -1.56. The summed E-state index contributed by atoms with van der Waals surface area (Å²) in [4.78, 5) is 3.89. The third-order valence-electron chi connectivity index (χ3n) is 1.85. The van der Waals surface area contributed by atoms with E-state index in [2.05, 4.69) is 9.36 Å². The van der Waals surface area contributed by atoms with Crippen molar-refractivity contribution >= 4 is 16.7 Å². The molecular weight excluding hydrogens is 220 g/mol. The monoisotopic (exact) mass is 227 g/mol. The molecule has 0 fully saturated rings. The van der Waals surface area contributed by atoms with Crippen molar-refractivity contribution in [1.82, 2.24) is 9.36 Å². The quantitative estimate of drug-likeness (QED) is 0.853. The Labute approximate surface area is 88.7 Å². The first-order valence-corrected chi connectivity index (χ1v) is 4.94. The molecule has 3 nitrogen and oxygen atoms in total. The molecule has 78 valence electrons. The molecule has 0 atom stereocenters. The number of benzene rings is 1. The summed E-state index contributed by atoms with van der Waals surface area (Å²) in [7, 11) is 0. The van der Waals surface area contributed by atoms with E-state index in [1.807, 2.05) is 0 Å². The fourth-order valence-corrected chi connectivity index (χ4v) is 1.63. The maximum atomic E-state index is 13.2. The molecule has 0 unspecified atom stereocenters. The second kappa shape index (κ2) is 3.90. The Morgan fingerprint density at radius 2 is 2.13 bits per heavy atom. The SMILES string of the molecule is Nc1nc(Cc2ccc(F)cc2F)ns1. The number of nitrogen functional groups attached to an aromatic ring is 1. The Morgan fingerprint density at radius 3 is 2.73 bits per heavy atom. The van der Waals surface area contributed by atoms with Gasteiger partial charge in [0.2, 0.25) is 0 Å². The fourth-order valence-electron chi connectivity index (χ4n) is 1.17. The predicted molar refractivity (Wildman–Crippen MR) is 53.5 cm³/mol. The van der Waals surface area contributed by atoms with Crippen LogP contribution >= 0.6 is 11.5 Å². The number of hydrogen-bond acceptors (Lipinski definition) is 4. The lowest BCUT2D eigenvalue weighted by molar-refractivity contribution is 0.574. The van der Waals surface area contributed by atoms with Crippen molar-refractivity contribution in [3.63, 3.8) is 0 Å². The Kier molecular flexibility index (Phi) is 2.59. The van der Waals surface area contributed by atoms with Gasteiger partial charge in [-0.1, -0.05) is 6.07 Å². The summed E-state index contributed by atoms with van der Waals surface area (Å²) in [6.45, 7) is 0. The fraction of sp³-hybridized carbons (Fsp3) is 0.111. The maximum absolute atomic E-state index is 13.2. The lowest BCUT2D eigenvalue weighted by Crippen LogP contribution is -1.95. The van der Waals surface area contributed by atoms with E-state index in [0.29, 0.717) is 16.5 Å². The number of hydrogen-bond donors (Lipinski definition) is 1. The van der Waals surface area contributed by atoms with Crippen LogP contribution in [0, 0.1) is 11.6 Å². The molecule has 1 aromatic heterocycles. The highest BCUT2D eigenvalue weighted by atomic mass is 32.1. The molecule has 0 radical (unpaired) electrons. The third-order valence-corrected chi connectivity index (χ3v) is 2.43. The molecule has 0 bridgehead atoms. The van der Waals surface area contributed by atoms with Gasteiger partial charge in [0, 0.05) is 24.0 Å². The van der Waals surface area contributed by atoms with Crippen LogP contribution in [0.5, 0.6) is 0 Å². The molecule has 0 amide bonds. The molecule has 2 aromatic rings. The van der Waals surface area contributed by atoms with Crippen molar-refractivity contribution in [2.45, 2.75) is 6.42 Å². The van der Waals surface area contributed by atoms with Gasteiger partial charge in [0.25, 0.3) is 0 Å². The van der Waals surface area contributed by atoms with E-state index in [1.165, 1.54) is 12.1 Å². The van der Waals surface area contributed by atoms with Crippen molar-refractivity contribution in [2.75, 3.05) is 5.73 Å². The molecule has 0 saturated heterocycles. The van der Waals surface area contributed by atoms with Crippen LogP contribution in [0.4, 0.5) is 13.9 Å². The van der Waals surface area contributed by atoms with Crippen LogP contribution in [0.3, 0.4) is 0 Å². The van der Waals surface area contributed by atoms with Gasteiger partial charge in [0.1, 0.15) is 17.5 Å². The molecule has 1 aromatic carbocycles.